The van der Waals surface area contributed by atoms with E-state index in [0.29, 0.717) is 4.32 Å². The van der Waals surface area contributed by atoms with Crippen LogP contribution in [0.4, 0.5) is 0 Å². The Labute approximate surface area is 121 Å². The summed E-state index contributed by atoms with van der Waals surface area (Å²) in [5.74, 6) is 0.0644. The van der Waals surface area contributed by atoms with Gasteiger partial charge in [-0.1, -0.05) is 49.8 Å². The highest BCUT2D eigenvalue weighted by molar-refractivity contribution is 8.26. The molecule has 18 heavy (non-hydrogen) atoms. The van der Waals surface area contributed by atoms with E-state index in [4.69, 9.17) is 12.2 Å². The van der Waals surface area contributed by atoms with E-state index in [1.807, 2.05) is 23.6 Å². The topological polar surface area (TPSA) is 20.3 Å². The van der Waals surface area contributed by atoms with Gasteiger partial charge < -0.3 is 0 Å². The van der Waals surface area contributed by atoms with E-state index in [-0.39, 0.29) is 5.91 Å². The van der Waals surface area contributed by atoms with Crippen molar-refractivity contribution < 1.29 is 4.79 Å². The molecule has 1 aliphatic rings. The highest BCUT2D eigenvalue weighted by Crippen LogP contribution is 2.33. The average molecular weight is 297 g/mol. The molecule has 1 aliphatic heterocycles. The predicted molar refractivity (Wildman–Crippen MR) is 83.7 cm³/mol. The van der Waals surface area contributed by atoms with Crippen LogP contribution >= 0.6 is 35.3 Å². The van der Waals surface area contributed by atoms with Gasteiger partial charge in [-0.3, -0.25) is 9.69 Å². The minimum Gasteiger partial charge on any atom is -0.293 e. The standard InChI is InChI=1S/C13H15NOS3/c1-2-3-4-7-14-12(15)11(18-13(14)16)9-10-6-5-8-17-10/h5-6,8-9H,2-4,7H2,1H3/b11-9+. The van der Waals surface area contributed by atoms with Gasteiger partial charge in [-0.2, -0.15) is 0 Å². The van der Waals surface area contributed by atoms with Gasteiger partial charge in [0.15, 0.2) is 0 Å². The summed E-state index contributed by atoms with van der Waals surface area (Å²) >= 11 is 8.32. The molecule has 0 aromatic carbocycles. The van der Waals surface area contributed by atoms with E-state index < -0.39 is 0 Å². The minimum absolute atomic E-state index is 0.0644. The maximum absolute atomic E-state index is 12.2. The Bertz CT molecular complexity index is 465. The molecule has 0 bridgehead atoms. The lowest BCUT2D eigenvalue weighted by Crippen LogP contribution is -2.28. The van der Waals surface area contributed by atoms with Crippen LogP contribution in [0, 0.1) is 0 Å². The number of unbranched alkanes of at least 4 members (excludes halogenated alkanes) is 2. The number of carbonyl (C=O) groups excluding carboxylic acids is 1. The summed E-state index contributed by atoms with van der Waals surface area (Å²) in [5.41, 5.74) is 0. The van der Waals surface area contributed by atoms with Crippen LogP contribution in [-0.4, -0.2) is 21.7 Å². The van der Waals surface area contributed by atoms with E-state index in [2.05, 4.69) is 6.92 Å². The Morgan fingerprint density at radius 1 is 1.44 bits per heavy atom. The largest absolute Gasteiger partial charge is 0.293 e. The first kappa shape index (κ1) is 13.8. The van der Waals surface area contributed by atoms with Crippen molar-refractivity contribution in [3.63, 3.8) is 0 Å². The summed E-state index contributed by atoms with van der Waals surface area (Å²) in [6.07, 6.45) is 5.25. The van der Waals surface area contributed by atoms with E-state index >= 15 is 0 Å². The molecule has 5 heteroatoms. The Hall–Kier alpha value is -0.650. The van der Waals surface area contributed by atoms with Gasteiger partial charge >= 0.3 is 0 Å². The predicted octanol–water partition coefficient (Wildman–Crippen LogP) is 4.14. The lowest BCUT2D eigenvalue weighted by Gasteiger charge is -2.13. The first-order chi connectivity index (χ1) is 8.72. The van der Waals surface area contributed by atoms with E-state index in [1.54, 1.807) is 16.2 Å². The molecule has 96 valence electrons. The van der Waals surface area contributed by atoms with Crippen molar-refractivity contribution in [1.29, 1.82) is 0 Å². The molecule has 0 radical (unpaired) electrons. The average Bonchev–Trinajstić information content (AvgIpc) is 2.93. The van der Waals surface area contributed by atoms with E-state index in [0.717, 1.165) is 35.6 Å². The maximum atomic E-state index is 12.2. The van der Waals surface area contributed by atoms with Crippen LogP contribution in [0.2, 0.25) is 0 Å². The molecule has 0 N–H and O–H groups in total. The molecular weight excluding hydrogens is 282 g/mol. The molecule has 1 aromatic heterocycles. The lowest BCUT2D eigenvalue weighted by atomic mass is 10.2. The minimum atomic E-state index is 0.0644. The molecule has 2 heterocycles. The Morgan fingerprint density at radius 2 is 2.28 bits per heavy atom. The molecule has 0 unspecified atom stereocenters. The maximum Gasteiger partial charge on any atom is 0.266 e. The lowest BCUT2D eigenvalue weighted by molar-refractivity contribution is -0.122. The zero-order valence-corrected chi connectivity index (χ0v) is 12.7. The summed E-state index contributed by atoms with van der Waals surface area (Å²) in [6.45, 7) is 2.90. The quantitative estimate of drug-likeness (QED) is 0.463. The Balaban J connectivity index is 2.04. The number of nitrogens with zero attached hydrogens (tertiary/aromatic N) is 1. The Morgan fingerprint density at radius 3 is 2.94 bits per heavy atom. The van der Waals surface area contributed by atoms with Gasteiger partial charge in [0.1, 0.15) is 4.32 Å². The molecule has 0 saturated carbocycles. The second-order valence-corrected chi connectivity index (χ2v) is 6.71. The van der Waals surface area contributed by atoms with Crippen molar-refractivity contribution in [2.24, 2.45) is 0 Å². The SMILES string of the molecule is CCCCCN1C(=O)/C(=C\c2cccs2)SC1=S. The molecule has 1 fully saturated rings. The normalized spacial score (nSPS) is 18.1. The number of hydrogen-bond donors (Lipinski definition) is 0. The molecule has 1 aromatic rings. The third-order valence-electron chi connectivity index (χ3n) is 2.68. The number of thiophene rings is 1. The fraction of sp³-hybridized carbons (Fsp3) is 0.385. The van der Waals surface area contributed by atoms with Crippen molar-refractivity contribution >= 4 is 51.6 Å². The van der Waals surface area contributed by atoms with Gasteiger partial charge in [0.25, 0.3) is 5.91 Å². The second kappa shape index (κ2) is 6.50. The molecule has 0 atom stereocenters. The van der Waals surface area contributed by atoms with Gasteiger partial charge in [-0.15, -0.1) is 11.3 Å². The van der Waals surface area contributed by atoms with Gasteiger partial charge in [-0.05, 0) is 23.9 Å². The van der Waals surface area contributed by atoms with Crippen molar-refractivity contribution in [3.8, 4) is 0 Å². The van der Waals surface area contributed by atoms with Crippen LogP contribution in [0.5, 0.6) is 0 Å². The molecule has 1 saturated heterocycles. The van der Waals surface area contributed by atoms with Crippen LogP contribution in [0.15, 0.2) is 22.4 Å². The number of thioether (sulfide) groups is 1. The fourth-order valence-electron chi connectivity index (χ4n) is 1.72. The number of amides is 1. The third kappa shape index (κ3) is 3.22. The number of hydrogen-bond acceptors (Lipinski definition) is 4. The summed E-state index contributed by atoms with van der Waals surface area (Å²) in [7, 11) is 0. The van der Waals surface area contributed by atoms with Gasteiger partial charge in [0.05, 0.1) is 4.91 Å². The highest BCUT2D eigenvalue weighted by Gasteiger charge is 2.31. The number of rotatable bonds is 5. The monoisotopic (exact) mass is 297 g/mol. The molecule has 0 aliphatic carbocycles. The smallest absolute Gasteiger partial charge is 0.266 e. The van der Waals surface area contributed by atoms with E-state index in [1.165, 1.54) is 11.8 Å². The first-order valence-electron chi connectivity index (χ1n) is 6.01. The molecule has 1 amide bonds. The van der Waals surface area contributed by atoms with Crippen LogP contribution in [0.25, 0.3) is 6.08 Å². The van der Waals surface area contributed by atoms with Crippen molar-refractivity contribution in [2.75, 3.05) is 6.54 Å². The Kier molecular flexibility index (Phi) is 4.97. The number of thiocarbonyl (C=S) groups is 1. The van der Waals surface area contributed by atoms with Crippen LogP contribution < -0.4 is 0 Å². The fourth-order valence-corrected chi connectivity index (χ4v) is 3.75. The van der Waals surface area contributed by atoms with Crippen LogP contribution in [0.1, 0.15) is 31.1 Å². The van der Waals surface area contributed by atoms with Crippen molar-refractivity contribution in [2.45, 2.75) is 26.2 Å². The van der Waals surface area contributed by atoms with Crippen molar-refractivity contribution in [3.05, 3.63) is 27.3 Å². The number of carbonyl (C=O) groups is 1. The van der Waals surface area contributed by atoms with Crippen LogP contribution in [0.3, 0.4) is 0 Å². The summed E-state index contributed by atoms with van der Waals surface area (Å²) in [5, 5.41) is 2.01. The molecular formula is C13H15NOS3. The summed E-state index contributed by atoms with van der Waals surface area (Å²) in [6, 6.07) is 3.99. The van der Waals surface area contributed by atoms with Crippen LogP contribution in [-0.2, 0) is 4.79 Å². The third-order valence-corrected chi connectivity index (χ3v) is 4.87. The zero-order chi connectivity index (χ0) is 13.0. The summed E-state index contributed by atoms with van der Waals surface area (Å²) < 4.78 is 0.693. The zero-order valence-electron chi connectivity index (χ0n) is 10.2. The van der Waals surface area contributed by atoms with Crippen molar-refractivity contribution in [1.82, 2.24) is 4.90 Å². The van der Waals surface area contributed by atoms with Gasteiger partial charge in [0.2, 0.25) is 0 Å². The molecule has 0 spiro atoms. The molecule has 2 nitrogen and oxygen atoms in total. The first-order valence-corrected chi connectivity index (χ1v) is 8.11. The van der Waals surface area contributed by atoms with Gasteiger partial charge in [-0.25, -0.2) is 0 Å². The molecule has 2 rings (SSSR count). The van der Waals surface area contributed by atoms with E-state index in [9.17, 15) is 4.79 Å². The second-order valence-electron chi connectivity index (χ2n) is 4.06. The van der Waals surface area contributed by atoms with Gasteiger partial charge in [0, 0.05) is 11.4 Å². The summed E-state index contributed by atoms with van der Waals surface area (Å²) in [4.78, 5) is 15.8. The highest BCUT2D eigenvalue weighted by atomic mass is 32.2.